The van der Waals surface area contributed by atoms with Crippen LogP contribution in [0.5, 0.6) is 0 Å². The van der Waals surface area contributed by atoms with E-state index in [4.69, 9.17) is 8.85 Å². The van der Waals surface area contributed by atoms with Gasteiger partial charge in [-0.3, -0.25) is 0 Å². The van der Waals surface area contributed by atoms with Crippen LogP contribution in [0.2, 0.25) is 36.3 Å². The molecule has 22 heavy (non-hydrogen) atoms. The van der Waals surface area contributed by atoms with Gasteiger partial charge < -0.3 is 14.0 Å². The highest BCUT2D eigenvalue weighted by Gasteiger charge is 2.41. The third-order valence-electron chi connectivity index (χ3n) is 5.56. The molecule has 0 unspecified atom stereocenters. The first kappa shape index (κ1) is 22.3. The Morgan fingerprint density at radius 2 is 0.955 bits per heavy atom. The van der Waals surface area contributed by atoms with E-state index in [0.29, 0.717) is 13.2 Å². The van der Waals surface area contributed by atoms with Gasteiger partial charge >= 0.3 is 0 Å². The van der Waals surface area contributed by atoms with E-state index < -0.39 is 16.6 Å². The van der Waals surface area contributed by atoms with Gasteiger partial charge in [0, 0.05) is 18.6 Å². The van der Waals surface area contributed by atoms with Gasteiger partial charge in [-0.2, -0.15) is 0 Å². The summed E-state index contributed by atoms with van der Waals surface area (Å²) in [5.74, 6) is 0. The Labute approximate surface area is 141 Å². The Balaban J connectivity index is 4.81. The Kier molecular flexibility index (Phi) is 7.15. The van der Waals surface area contributed by atoms with E-state index in [9.17, 15) is 5.11 Å². The second-order valence-electron chi connectivity index (χ2n) is 10.1. The van der Waals surface area contributed by atoms with Crippen LogP contribution in [0.1, 0.15) is 48.5 Å². The molecule has 0 aliphatic carbocycles. The maximum atomic E-state index is 9.86. The summed E-state index contributed by atoms with van der Waals surface area (Å²) in [6.45, 7) is 25.7. The summed E-state index contributed by atoms with van der Waals surface area (Å²) in [5.41, 5.74) is -0.328. The highest BCUT2D eigenvalue weighted by molar-refractivity contribution is 6.74. The van der Waals surface area contributed by atoms with E-state index in [-0.39, 0.29) is 22.1 Å². The van der Waals surface area contributed by atoms with Gasteiger partial charge in [-0.05, 0) is 36.3 Å². The lowest BCUT2D eigenvalue weighted by atomic mass is 9.95. The molecule has 3 nitrogen and oxygen atoms in total. The van der Waals surface area contributed by atoms with Crippen LogP contribution in [0.15, 0.2) is 0 Å². The Morgan fingerprint density at radius 1 is 0.682 bits per heavy atom. The second-order valence-corrected chi connectivity index (χ2v) is 19.7. The Morgan fingerprint density at radius 3 is 1.14 bits per heavy atom. The number of aliphatic hydroxyl groups excluding tert-OH is 1. The van der Waals surface area contributed by atoms with Crippen LogP contribution in [0, 0.1) is 5.41 Å². The molecule has 0 aromatic heterocycles. The van der Waals surface area contributed by atoms with Gasteiger partial charge in [-0.15, -0.1) is 0 Å². The van der Waals surface area contributed by atoms with Gasteiger partial charge in [0.2, 0.25) is 0 Å². The zero-order valence-electron chi connectivity index (χ0n) is 16.9. The van der Waals surface area contributed by atoms with Crippen LogP contribution < -0.4 is 0 Å². The zero-order chi connectivity index (χ0) is 18.0. The number of hydrogen-bond donors (Lipinski definition) is 1. The molecule has 0 aliphatic heterocycles. The topological polar surface area (TPSA) is 38.7 Å². The van der Waals surface area contributed by atoms with Gasteiger partial charge in [0.05, 0.1) is 6.61 Å². The van der Waals surface area contributed by atoms with E-state index in [1.165, 1.54) is 0 Å². The average Bonchev–Trinajstić information content (AvgIpc) is 2.31. The smallest absolute Gasteiger partial charge is 0.192 e. The molecule has 0 spiro atoms. The van der Waals surface area contributed by atoms with E-state index in [1.54, 1.807) is 0 Å². The summed E-state index contributed by atoms with van der Waals surface area (Å²) in [7, 11) is -3.60. The molecule has 1 N–H and O–H groups in total. The minimum Gasteiger partial charge on any atom is -0.416 e. The van der Waals surface area contributed by atoms with Crippen molar-refractivity contribution >= 4 is 16.6 Å². The van der Waals surface area contributed by atoms with E-state index in [0.717, 1.165) is 0 Å². The van der Waals surface area contributed by atoms with Gasteiger partial charge in [-0.1, -0.05) is 48.5 Å². The molecule has 0 saturated carbocycles. The van der Waals surface area contributed by atoms with Crippen molar-refractivity contribution in [1.82, 2.24) is 0 Å². The third kappa shape index (κ3) is 6.08. The molecule has 0 aromatic rings. The van der Waals surface area contributed by atoms with Crippen molar-refractivity contribution in [3.63, 3.8) is 0 Å². The van der Waals surface area contributed by atoms with Crippen molar-refractivity contribution in [2.45, 2.75) is 84.7 Å². The molecule has 0 amide bonds. The fourth-order valence-electron chi connectivity index (χ4n) is 1.28. The summed E-state index contributed by atoms with van der Waals surface area (Å²) < 4.78 is 12.6. The van der Waals surface area contributed by atoms with E-state index in [2.05, 4.69) is 74.7 Å². The fraction of sp³-hybridized carbons (Fsp3) is 1.00. The summed E-state index contributed by atoms with van der Waals surface area (Å²) in [6, 6.07) is 0. The van der Waals surface area contributed by atoms with E-state index >= 15 is 0 Å². The van der Waals surface area contributed by atoms with Crippen LogP contribution in [0.4, 0.5) is 0 Å². The van der Waals surface area contributed by atoms with Crippen LogP contribution in [-0.2, 0) is 8.85 Å². The minimum absolute atomic E-state index is 0.0935. The summed E-state index contributed by atoms with van der Waals surface area (Å²) in [6.07, 6.45) is 0. The molecule has 0 saturated heterocycles. The van der Waals surface area contributed by atoms with Crippen molar-refractivity contribution in [2.75, 3.05) is 19.8 Å². The number of aliphatic hydroxyl groups is 1. The monoisotopic (exact) mass is 348 g/mol. The molecule has 134 valence electrons. The standard InChI is InChI=1S/C17H40O3Si2/c1-15(2,3)21(8,9)19-13-17(7,12-18)14-20-22(10,11)16(4,5)6/h18H,12-14H2,1-11H3. The molecule has 0 radical (unpaired) electrons. The third-order valence-corrected chi connectivity index (χ3v) is 14.5. The molecular weight excluding hydrogens is 308 g/mol. The maximum Gasteiger partial charge on any atom is 0.192 e. The lowest BCUT2D eigenvalue weighted by Crippen LogP contribution is -2.48. The molecule has 0 aromatic carbocycles. The van der Waals surface area contributed by atoms with Crippen LogP contribution in [-0.4, -0.2) is 41.6 Å². The van der Waals surface area contributed by atoms with Crippen molar-refractivity contribution in [3.05, 3.63) is 0 Å². The van der Waals surface area contributed by atoms with Crippen molar-refractivity contribution < 1.29 is 14.0 Å². The van der Waals surface area contributed by atoms with Crippen LogP contribution in [0.3, 0.4) is 0 Å². The quantitative estimate of drug-likeness (QED) is 0.656. The molecule has 5 heteroatoms. The summed E-state index contributed by atoms with van der Waals surface area (Å²) in [5, 5.41) is 10.2. The fourth-order valence-corrected chi connectivity index (χ4v) is 3.56. The highest BCUT2D eigenvalue weighted by atomic mass is 28.4. The summed E-state index contributed by atoms with van der Waals surface area (Å²) in [4.78, 5) is 0. The normalized spacial score (nSPS) is 15.3. The van der Waals surface area contributed by atoms with Crippen molar-refractivity contribution in [3.8, 4) is 0 Å². The van der Waals surface area contributed by atoms with E-state index in [1.807, 2.05) is 0 Å². The minimum atomic E-state index is -1.80. The number of rotatable bonds is 7. The van der Waals surface area contributed by atoms with Crippen molar-refractivity contribution in [1.29, 1.82) is 0 Å². The molecular formula is C17H40O3Si2. The predicted molar refractivity (Wildman–Crippen MR) is 101 cm³/mol. The maximum absolute atomic E-state index is 9.86. The molecule has 0 rings (SSSR count). The van der Waals surface area contributed by atoms with Gasteiger partial charge in [-0.25, -0.2) is 0 Å². The van der Waals surface area contributed by atoms with Gasteiger partial charge in [0.1, 0.15) is 0 Å². The van der Waals surface area contributed by atoms with Gasteiger partial charge in [0.15, 0.2) is 16.6 Å². The predicted octanol–water partition coefficient (Wildman–Crippen LogP) is 5.03. The first-order chi connectivity index (χ1) is 9.47. The van der Waals surface area contributed by atoms with Crippen LogP contribution in [0.25, 0.3) is 0 Å². The first-order valence-electron chi connectivity index (χ1n) is 8.36. The molecule has 0 heterocycles. The second kappa shape index (κ2) is 7.05. The molecule has 0 fully saturated rings. The zero-order valence-corrected chi connectivity index (χ0v) is 18.9. The van der Waals surface area contributed by atoms with Crippen molar-refractivity contribution in [2.24, 2.45) is 5.41 Å². The highest BCUT2D eigenvalue weighted by Crippen LogP contribution is 2.39. The lowest BCUT2D eigenvalue weighted by Gasteiger charge is -2.42. The average molecular weight is 349 g/mol. The van der Waals surface area contributed by atoms with Crippen LogP contribution >= 0.6 is 0 Å². The molecule has 0 atom stereocenters. The Hall–Kier alpha value is 0.314. The molecule has 0 bridgehead atoms. The van der Waals surface area contributed by atoms with Gasteiger partial charge in [0.25, 0.3) is 0 Å². The lowest BCUT2D eigenvalue weighted by molar-refractivity contribution is 0.0283. The first-order valence-corrected chi connectivity index (χ1v) is 14.2. The summed E-state index contributed by atoms with van der Waals surface area (Å²) >= 11 is 0. The largest absolute Gasteiger partial charge is 0.416 e. The molecule has 0 aliphatic rings. The number of hydrogen-bond acceptors (Lipinski definition) is 3. The Bertz CT molecular complexity index is 322. The SMILES string of the molecule is CC(CO)(CO[Si](C)(C)C(C)(C)C)CO[Si](C)(C)C(C)(C)C.